The van der Waals surface area contributed by atoms with Gasteiger partial charge in [0, 0.05) is 5.56 Å². The smallest absolute Gasteiger partial charge is 0.319 e. The molecule has 1 aliphatic carbocycles. The minimum atomic E-state index is -4.22. The summed E-state index contributed by atoms with van der Waals surface area (Å²) in [4.78, 5) is 21.9. The first-order valence-corrected chi connectivity index (χ1v) is 8.16. The molecule has 1 fully saturated rings. The van der Waals surface area contributed by atoms with E-state index in [-0.39, 0.29) is 12.2 Å². The van der Waals surface area contributed by atoms with Crippen LogP contribution in [0.25, 0.3) is 0 Å². The van der Waals surface area contributed by atoms with Crippen molar-refractivity contribution >= 4 is 13.1 Å². The molecular formula is C14H19O4P. The van der Waals surface area contributed by atoms with Crippen molar-refractivity contribution in [2.24, 2.45) is 5.92 Å². The van der Waals surface area contributed by atoms with Crippen LogP contribution < -0.4 is 0 Å². The quantitative estimate of drug-likeness (QED) is 0.839. The van der Waals surface area contributed by atoms with E-state index in [9.17, 15) is 14.3 Å². The van der Waals surface area contributed by atoms with E-state index in [1.54, 1.807) is 31.2 Å². The third kappa shape index (κ3) is 3.53. The van der Waals surface area contributed by atoms with Crippen molar-refractivity contribution < 1.29 is 18.8 Å². The molecule has 1 aromatic carbocycles. The first-order valence-electron chi connectivity index (χ1n) is 6.58. The maximum atomic E-state index is 12.1. The van der Waals surface area contributed by atoms with Gasteiger partial charge in [0.25, 0.3) is 5.52 Å². The molecule has 1 atom stereocenters. The van der Waals surface area contributed by atoms with Crippen molar-refractivity contribution in [1.82, 2.24) is 0 Å². The minimum absolute atomic E-state index is 0.200. The van der Waals surface area contributed by atoms with Crippen molar-refractivity contribution in [3.05, 3.63) is 35.4 Å². The summed E-state index contributed by atoms with van der Waals surface area (Å²) in [6, 6.07) is 6.76. The summed E-state index contributed by atoms with van der Waals surface area (Å²) in [6.45, 7) is 1.94. The minimum Gasteiger partial charge on any atom is -0.319 e. The van der Waals surface area contributed by atoms with Gasteiger partial charge in [-0.1, -0.05) is 37.1 Å². The van der Waals surface area contributed by atoms with E-state index >= 15 is 0 Å². The number of hydrogen-bond acceptors (Lipinski definition) is 3. The van der Waals surface area contributed by atoms with Gasteiger partial charge in [-0.15, -0.1) is 0 Å². The van der Waals surface area contributed by atoms with Crippen LogP contribution in [-0.4, -0.2) is 17.0 Å². The Morgan fingerprint density at radius 3 is 2.63 bits per heavy atom. The van der Waals surface area contributed by atoms with Gasteiger partial charge < -0.3 is 9.42 Å². The molecule has 1 N–H and O–H groups in total. The van der Waals surface area contributed by atoms with E-state index in [4.69, 9.17) is 4.52 Å². The van der Waals surface area contributed by atoms with Gasteiger partial charge >= 0.3 is 7.60 Å². The Hall–Kier alpha value is -0.960. The molecule has 0 heterocycles. The van der Waals surface area contributed by atoms with Crippen LogP contribution in [0.4, 0.5) is 0 Å². The highest BCUT2D eigenvalue weighted by Gasteiger charge is 2.33. The van der Waals surface area contributed by atoms with Gasteiger partial charge in [-0.2, -0.15) is 0 Å². The summed E-state index contributed by atoms with van der Waals surface area (Å²) in [7, 11) is -4.22. The Bertz CT molecular complexity index is 506. The third-order valence-electron chi connectivity index (χ3n) is 3.59. The fourth-order valence-electron chi connectivity index (χ4n) is 2.41. The van der Waals surface area contributed by atoms with Crippen LogP contribution in [0.2, 0.25) is 0 Å². The van der Waals surface area contributed by atoms with Crippen LogP contribution in [0.1, 0.15) is 41.6 Å². The second-order valence-corrected chi connectivity index (χ2v) is 6.79. The fraction of sp³-hybridized carbons (Fsp3) is 0.500. The average Bonchev–Trinajstić information content (AvgIpc) is 2.89. The third-order valence-corrected chi connectivity index (χ3v) is 4.85. The molecule has 0 aromatic heterocycles. The first kappa shape index (κ1) is 14.4. The molecule has 1 saturated carbocycles. The summed E-state index contributed by atoms with van der Waals surface area (Å²) in [6.07, 6.45) is 4.29. The van der Waals surface area contributed by atoms with Crippen LogP contribution >= 0.6 is 7.60 Å². The number of hydrogen-bond donors (Lipinski definition) is 1. The molecule has 1 aliphatic rings. The van der Waals surface area contributed by atoms with E-state index in [0.717, 1.165) is 25.7 Å². The fourth-order valence-corrected chi connectivity index (χ4v) is 3.49. The summed E-state index contributed by atoms with van der Waals surface area (Å²) < 4.78 is 17.1. The van der Waals surface area contributed by atoms with Crippen molar-refractivity contribution in [3.8, 4) is 0 Å². The Balaban J connectivity index is 2.04. The van der Waals surface area contributed by atoms with E-state index in [2.05, 4.69) is 0 Å². The van der Waals surface area contributed by atoms with E-state index in [1.807, 2.05) is 0 Å². The van der Waals surface area contributed by atoms with Gasteiger partial charge in [0.15, 0.2) is 0 Å². The topological polar surface area (TPSA) is 63.6 Å². The zero-order valence-corrected chi connectivity index (χ0v) is 11.9. The van der Waals surface area contributed by atoms with Gasteiger partial charge in [0.05, 0.1) is 6.61 Å². The van der Waals surface area contributed by atoms with Crippen LogP contribution in [-0.2, 0) is 9.09 Å². The van der Waals surface area contributed by atoms with Crippen LogP contribution in [0.5, 0.6) is 0 Å². The van der Waals surface area contributed by atoms with Crippen molar-refractivity contribution in [2.45, 2.75) is 32.6 Å². The highest BCUT2D eigenvalue weighted by Crippen LogP contribution is 2.47. The number of carbonyl (C=O) groups is 1. The van der Waals surface area contributed by atoms with Gasteiger partial charge in [-0.25, -0.2) is 0 Å². The highest BCUT2D eigenvalue weighted by molar-refractivity contribution is 7.71. The lowest BCUT2D eigenvalue weighted by Gasteiger charge is -2.15. The van der Waals surface area contributed by atoms with Gasteiger partial charge in [0.2, 0.25) is 0 Å². The molecule has 0 bridgehead atoms. The lowest BCUT2D eigenvalue weighted by molar-refractivity contribution is 0.101. The summed E-state index contributed by atoms with van der Waals surface area (Å²) in [5.74, 6) is 0.310. The Morgan fingerprint density at radius 1 is 1.37 bits per heavy atom. The Labute approximate surface area is 113 Å². The number of aryl methyl sites for hydroxylation is 1. The molecule has 0 spiro atoms. The van der Waals surface area contributed by atoms with Crippen molar-refractivity contribution in [2.75, 3.05) is 6.61 Å². The molecule has 2 rings (SSSR count). The molecule has 4 nitrogen and oxygen atoms in total. The largest absolute Gasteiger partial charge is 0.399 e. The molecule has 1 aromatic rings. The predicted molar refractivity (Wildman–Crippen MR) is 73.2 cm³/mol. The Kier molecular flexibility index (Phi) is 4.56. The van der Waals surface area contributed by atoms with E-state index < -0.39 is 13.1 Å². The van der Waals surface area contributed by atoms with Crippen molar-refractivity contribution in [1.29, 1.82) is 0 Å². The Morgan fingerprint density at radius 2 is 2.00 bits per heavy atom. The second-order valence-electron chi connectivity index (χ2n) is 5.09. The molecule has 104 valence electrons. The summed E-state index contributed by atoms with van der Waals surface area (Å²) in [5, 5.41) is 0. The van der Waals surface area contributed by atoms with E-state index in [0.29, 0.717) is 11.5 Å². The molecule has 0 amide bonds. The van der Waals surface area contributed by atoms with Crippen molar-refractivity contribution in [3.63, 3.8) is 0 Å². The molecule has 5 heteroatoms. The predicted octanol–water partition coefficient (Wildman–Crippen LogP) is 3.53. The SMILES string of the molecule is Cc1ccccc1C(=O)P(=O)(O)OCC1CCCC1. The molecule has 0 aliphatic heterocycles. The first-order chi connectivity index (χ1) is 9.00. The zero-order chi connectivity index (χ0) is 13.9. The lowest BCUT2D eigenvalue weighted by Crippen LogP contribution is -2.10. The standard InChI is InChI=1S/C14H19O4P/c1-11-6-2-5-9-13(11)14(15)19(16,17)18-10-12-7-3-4-8-12/h2,5-6,9,12H,3-4,7-8,10H2,1H3,(H,16,17). The number of rotatable bonds is 5. The zero-order valence-electron chi connectivity index (χ0n) is 11.0. The maximum absolute atomic E-state index is 12.1. The average molecular weight is 282 g/mol. The molecule has 0 saturated heterocycles. The monoisotopic (exact) mass is 282 g/mol. The summed E-state index contributed by atoms with van der Waals surface area (Å²) >= 11 is 0. The lowest BCUT2D eigenvalue weighted by atomic mass is 10.1. The normalized spacial score (nSPS) is 19.3. The number of carbonyl (C=O) groups excluding carboxylic acids is 1. The highest BCUT2D eigenvalue weighted by atomic mass is 31.2. The van der Waals surface area contributed by atoms with Crippen LogP contribution in [0.15, 0.2) is 24.3 Å². The summed E-state index contributed by atoms with van der Waals surface area (Å²) in [5.41, 5.74) is 0.148. The maximum Gasteiger partial charge on any atom is 0.399 e. The molecule has 1 unspecified atom stereocenters. The van der Waals surface area contributed by atoms with Gasteiger partial charge in [0.1, 0.15) is 0 Å². The van der Waals surface area contributed by atoms with Gasteiger partial charge in [-0.3, -0.25) is 9.36 Å². The van der Waals surface area contributed by atoms with Gasteiger partial charge in [-0.05, 0) is 31.2 Å². The molecular weight excluding hydrogens is 263 g/mol. The molecule has 0 radical (unpaired) electrons. The second kappa shape index (κ2) is 6.00. The van der Waals surface area contributed by atoms with Crippen LogP contribution in [0, 0.1) is 12.8 Å². The number of benzene rings is 1. The van der Waals surface area contributed by atoms with Crippen LogP contribution in [0.3, 0.4) is 0 Å². The van der Waals surface area contributed by atoms with E-state index in [1.165, 1.54) is 0 Å². The molecule has 19 heavy (non-hydrogen) atoms.